The van der Waals surface area contributed by atoms with Crippen molar-refractivity contribution in [1.29, 1.82) is 0 Å². The van der Waals surface area contributed by atoms with Crippen molar-refractivity contribution in [3.63, 3.8) is 0 Å². The van der Waals surface area contributed by atoms with Gasteiger partial charge in [-0.25, -0.2) is 0 Å². The number of alkyl halides is 1. The number of fused-ring (bicyclic) bond motifs is 1. The highest BCUT2D eigenvalue weighted by atomic mass is 79.9. The van der Waals surface area contributed by atoms with Gasteiger partial charge in [-0.1, -0.05) is 36.2 Å². The lowest BCUT2D eigenvalue weighted by Gasteiger charge is -2.34. The topological polar surface area (TPSA) is 108 Å². The molecule has 3 amide bonds. The van der Waals surface area contributed by atoms with Crippen LogP contribution in [0.3, 0.4) is 0 Å². The van der Waals surface area contributed by atoms with E-state index in [0.717, 1.165) is 19.3 Å². The number of amides is 3. The van der Waals surface area contributed by atoms with Crippen molar-refractivity contribution in [2.75, 3.05) is 19.7 Å². The SMILES string of the molecule is CCCNC(=O)[C@H]1[C@H]2C(=O)N(CCO)C(C(=O)NC(C)CCC)C23CC(Br)[C@@H]1O3. The molecule has 0 aromatic carbocycles. The van der Waals surface area contributed by atoms with Crippen LogP contribution in [0.4, 0.5) is 0 Å². The predicted molar refractivity (Wildman–Crippen MR) is 110 cm³/mol. The standard InChI is InChI=1S/C20H32BrN3O5/c1-4-6-11(3)23-18(27)16-20-10-12(21)15(29-20)13(17(26)22-7-5-2)14(20)19(28)24(16)8-9-25/h11-16,25H,4-10H2,1-3H3,(H,22,26)(H,23,27)/t11?,12?,13-,14-,15-,16?,20?/m0/s1. The summed E-state index contributed by atoms with van der Waals surface area (Å²) in [5.74, 6) is -2.10. The molecule has 3 aliphatic heterocycles. The number of halogens is 1. The third-order valence-corrected chi connectivity index (χ3v) is 7.19. The lowest BCUT2D eigenvalue weighted by atomic mass is 9.70. The Hall–Kier alpha value is -1.19. The lowest BCUT2D eigenvalue weighted by Crippen LogP contribution is -2.57. The molecule has 0 aromatic rings. The zero-order valence-electron chi connectivity index (χ0n) is 17.3. The number of nitrogens with one attached hydrogen (secondary N) is 2. The maximum absolute atomic E-state index is 13.3. The molecule has 3 saturated heterocycles. The van der Waals surface area contributed by atoms with E-state index >= 15 is 0 Å². The summed E-state index contributed by atoms with van der Waals surface area (Å²) in [7, 11) is 0. The molecule has 9 heteroatoms. The van der Waals surface area contributed by atoms with Crippen molar-refractivity contribution in [2.45, 2.75) is 75.1 Å². The Morgan fingerprint density at radius 3 is 2.69 bits per heavy atom. The molecule has 3 rings (SSSR count). The Bertz CT molecular complexity index is 662. The van der Waals surface area contributed by atoms with Gasteiger partial charge in [0.1, 0.15) is 11.6 Å². The van der Waals surface area contributed by atoms with Gasteiger partial charge in [-0.2, -0.15) is 0 Å². The highest BCUT2D eigenvalue weighted by Gasteiger charge is 2.76. The number of aliphatic hydroxyl groups excluding tert-OH is 1. The van der Waals surface area contributed by atoms with Gasteiger partial charge in [0.15, 0.2) is 0 Å². The minimum atomic E-state index is -1.05. The van der Waals surface area contributed by atoms with Gasteiger partial charge in [0.05, 0.1) is 24.5 Å². The number of hydrogen-bond donors (Lipinski definition) is 3. The maximum atomic E-state index is 13.3. The zero-order chi connectivity index (χ0) is 21.3. The van der Waals surface area contributed by atoms with E-state index in [1.807, 2.05) is 20.8 Å². The molecule has 4 unspecified atom stereocenters. The summed E-state index contributed by atoms with van der Waals surface area (Å²) in [4.78, 5) is 40.8. The van der Waals surface area contributed by atoms with Crippen LogP contribution in [-0.4, -0.2) is 76.0 Å². The van der Waals surface area contributed by atoms with E-state index in [0.29, 0.717) is 13.0 Å². The van der Waals surface area contributed by atoms with Gasteiger partial charge in [-0.3, -0.25) is 14.4 Å². The summed E-state index contributed by atoms with van der Waals surface area (Å²) in [5, 5.41) is 15.4. The zero-order valence-corrected chi connectivity index (χ0v) is 18.9. The molecule has 7 atom stereocenters. The first-order valence-corrected chi connectivity index (χ1v) is 11.5. The molecule has 0 aliphatic carbocycles. The van der Waals surface area contributed by atoms with Crippen LogP contribution in [0.15, 0.2) is 0 Å². The van der Waals surface area contributed by atoms with Gasteiger partial charge in [0.25, 0.3) is 0 Å². The average molecular weight is 474 g/mol. The van der Waals surface area contributed by atoms with E-state index in [1.165, 1.54) is 4.90 Å². The third kappa shape index (κ3) is 3.70. The summed E-state index contributed by atoms with van der Waals surface area (Å²) >= 11 is 3.62. The molecule has 3 heterocycles. The Balaban J connectivity index is 1.94. The number of likely N-dealkylation sites (tertiary alicyclic amines) is 1. The van der Waals surface area contributed by atoms with Gasteiger partial charge in [0, 0.05) is 24.0 Å². The Labute approximate surface area is 180 Å². The summed E-state index contributed by atoms with van der Waals surface area (Å²) in [6.45, 7) is 6.27. The first-order chi connectivity index (χ1) is 13.8. The van der Waals surface area contributed by atoms with Gasteiger partial charge in [-0.15, -0.1) is 0 Å². The van der Waals surface area contributed by atoms with E-state index in [1.54, 1.807) is 0 Å². The molecule has 0 saturated carbocycles. The van der Waals surface area contributed by atoms with Gasteiger partial charge in [-0.05, 0) is 26.2 Å². The second-order valence-corrected chi connectivity index (χ2v) is 9.58. The van der Waals surface area contributed by atoms with E-state index in [2.05, 4.69) is 26.6 Å². The molecular weight excluding hydrogens is 442 g/mol. The first kappa shape index (κ1) is 22.5. The number of aliphatic hydroxyl groups is 1. The number of ether oxygens (including phenoxy) is 1. The fourth-order valence-corrected chi connectivity index (χ4v) is 6.21. The van der Waals surface area contributed by atoms with Crippen LogP contribution in [0.25, 0.3) is 0 Å². The molecule has 3 N–H and O–H groups in total. The number of nitrogens with zero attached hydrogens (tertiary/aromatic N) is 1. The fraction of sp³-hybridized carbons (Fsp3) is 0.850. The van der Waals surface area contributed by atoms with Crippen LogP contribution in [0.1, 0.15) is 46.5 Å². The minimum absolute atomic E-state index is 0.0314. The largest absolute Gasteiger partial charge is 0.395 e. The second kappa shape index (κ2) is 8.89. The molecular formula is C20H32BrN3O5. The molecule has 29 heavy (non-hydrogen) atoms. The second-order valence-electron chi connectivity index (χ2n) is 8.41. The average Bonchev–Trinajstić information content (AvgIpc) is 3.24. The van der Waals surface area contributed by atoms with Crippen LogP contribution in [-0.2, 0) is 19.1 Å². The fourth-order valence-electron chi connectivity index (χ4n) is 5.27. The van der Waals surface area contributed by atoms with E-state index in [4.69, 9.17) is 4.74 Å². The van der Waals surface area contributed by atoms with Crippen LogP contribution in [0.2, 0.25) is 0 Å². The van der Waals surface area contributed by atoms with Crippen molar-refractivity contribution in [3.8, 4) is 0 Å². The molecule has 3 aliphatic rings. The van der Waals surface area contributed by atoms with Gasteiger partial charge in [0.2, 0.25) is 17.7 Å². The number of carbonyl (C=O) groups excluding carboxylic acids is 3. The third-order valence-electron chi connectivity index (χ3n) is 6.34. The number of hydrogen-bond acceptors (Lipinski definition) is 5. The normalized spacial score (nSPS) is 36.2. The van der Waals surface area contributed by atoms with E-state index in [9.17, 15) is 19.5 Å². The van der Waals surface area contributed by atoms with Crippen LogP contribution >= 0.6 is 15.9 Å². The van der Waals surface area contributed by atoms with Crippen molar-refractivity contribution in [1.82, 2.24) is 15.5 Å². The van der Waals surface area contributed by atoms with Crippen LogP contribution in [0.5, 0.6) is 0 Å². The molecule has 0 radical (unpaired) electrons. The van der Waals surface area contributed by atoms with Gasteiger partial charge < -0.3 is 25.4 Å². The highest BCUT2D eigenvalue weighted by molar-refractivity contribution is 9.09. The molecule has 2 bridgehead atoms. The molecule has 8 nitrogen and oxygen atoms in total. The summed E-state index contributed by atoms with van der Waals surface area (Å²) in [6.07, 6.45) is 2.59. The smallest absolute Gasteiger partial charge is 0.246 e. The Morgan fingerprint density at radius 1 is 1.34 bits per heavy atom. The first-order valence-electron chi connectivity index (χ1n) is 10.6. The lowest BCUT2D eigenvalue weighted by molar-refractivity contribution is -0.142. The summed E-state index contributed by atoms with van der Waals surface area (Å²) < 4.78 is 6.32. The molecule has 3 fully saturated rings. The van der Waals surface area contributed by atoms with Crippen LogP contribution in [0, 0.1) is 11.8 Å². The Kier molecular flexibility index (Phi) is 6.90. The number of rotatable bonds is 9. The molecule has 1 spiro atoms. The Morgan fingerprint density at radius 2 is 2.07 bits per heavy atom. The van der Waals surface area contributed by atoms with Crippen LogP contribution < -0.4 is 10.6 Å². The van der Waals surface area contributed by atoms with E-state index < -0.39 is 29.6 Å². The van der Waals surface area contributed by atoms with Crippen molar-refractivity contribution in [3.05, 3.63) is 0 Å². The monoisotopic (exact) mass is 473 g/mol. The van der Waals surface area contributed by atoms with E-state index in [-0.39, 0.29) is 41.7 Å². The van der Waals surface area contributed by atoms with Crippen molar-refractivity contribution >= 4 is 33.7 Å². The quantitative estimate of drug-likeness (QED) is 0.424. The minimum Gasteiger partial charge on any atom is -0.395 e. The summed E-state index contributed by atoms with van der Waals surface area (Å²) in [5.41, 5.74) is -1.05. The summed E-state index contributed by atoms with van der Waals surface area (Å²) in [6, 6.07) is -0.878. The van der Waals surface area contributed by atoms with Crippen molar-refractivity contribution < 1.29 is 24.2 Å². The maximum Gasteiger partial charge on any atom is 0.246 e. The number of β-amino-alcohol motifs (C(OH)–C–C–N with tert-alkyl or cyclic N) is 1. The van der Waals surface area contributed by atoms with Crippen molar-refractivity contribution in [2.24, 2.45) is 11.8 Å². The number of carbonyl (C=O) groups is 3. The highest BCUT2D eigenvalue weighted by Crippen LogP contribution is 2.59. The predicted octanol–water partition coefficient (Wildman–Crippen LogP) is 0.558. The van der Waals surface area contributed by atoms with Gasteiger partial charge >= 0.3 is 0 Å². The molecule has 0 aromatic heterocycles. The molecule has 164 valence electrons.